The molecule has 3 rings (SSSR count). The van der Waals surface area contributed by atoms with Crippen molar-refractivity contribution in [1.82, 2.24) is 10.2 Å². The van der Waals surface area contributed by atoms with Gasteiger partial charge in [0.2, 0.25) is 0 Å². The molecule has 2 N–H and O–H groups in total. The van der Waals surface area contributed by atoms with Crippen molar-refractivity contribution in [1.29, 1.82) is 4.78 Å². The number of hydrogen-bond acceptors (Lipinski definition) is 6. The number of nitrogens with one attached hydrogen (secondary N) is 2. The quantitative estimate of drug-likeness (QED) is 0.381. The van der Waals surface area contributed by atoms with Crippen LogP contribution in [0.15, 0.2) is 47.4 Å². The molecule has 0 aliphatic carbocycles. The van der Waals surface area contributed by atoms with Crippen molar-refractivity contribution >= 4 is 21.3 Å². The Morgan fingerprint density at radius 2 is 1.86 bits per heavy atom. The Hall–Kier alpha value is -3.54. The van der Waals surface area contributed by atoms with E-state index in [-0.39, 0.29) is 16.3 Å². The maximum absolute atomic E-state index is 14.6. The zero-order chi connectivity index (χ0) is 26.0. The minimum Gasteiger partial charge on any atom is -0.433 e. The van der Waals surface area contributed by atoms with E-state index in [9.17, 15) is 26.6 Å². The van der Waals surface area contributed by atoms with Gasteiger partial charge in [-0.15, -0.1) is 10.2 Å². The highest BCUT2D eigenvalue weighted by atomic mass is 32.2. The first-order valence-corrected chi connectivity index (χ1v) is 12.3. The summed E-state index contributed by atoms with van der Waals surface area (Å²) in [6.07, 6.45) is -2.67. The van der Waals surface area contributed by atoms with Gasteiger partial charge in [-0.25, -0.2) is 13.4 Å². The Kier molecular flexibility index (Phi) is 7.44. The van der Waals surface area contributed by atoms with Crippen LogP contribution in [0.1, 0.15) is 40.5 Å². The molecule has 0 bridgehead atoms. The first-order chi connectivity index (χ1) is 16.3. The summed E-state index contributed by atoms with van der Waals surface area (Å²) in [5, 5.41) is 9.06. The Morgan fingerprint density at radius 3 is 2.49 bits per heavy atom. The number of anilines is 1. The number of aryl methyl sites for hydroxylation is 1. The van der Waals surface area contributed by atoms with E-state index in [0.29, 0.717) is 18.4 Å². The van der Waals surface area contributed by atoms with Crippen LogP contribution in [0, 0.1) is 17.5 Å². The summed E-state index contributed by atoms with van der Waals surface area (Å²) in [6, 6.07) is 9.74. The van der Waals surface area contributed by atoms with Crippen molar-refractivity contribution in [2.75, 3.05) is 11.6 Å². The van der Waals surface area contributed by atoms with Crippen LogP contribution in [0.5, 0.6) is 11.6 Å². The van der Waals surface area contributed by atoms with Crippen LogP contribution in [0.4, 0.5) is 23.2 Å². The first kappa shape index (κ1) is 26.1. The van der Waals surface area contributed by atoms with E-state index in [4.69, 9.17) is 9.52 Å². The molecular weight excluding hydrogens is 488 g/mol. The van der Waals surface area contributed by atoms with Gasteiger partial charge in [0.25, 0.3) is 11.8 Å². The van der Waals surface area contributed by atoms with Crippen molar-refractivity contribution in [2.45, 2.75) is 37.8 Å². The van der Waals surface area contributed by atoms with Crippen LogP contribution >= 0.6 is 0 Å². The second-order valence-corrected chi connectivity index (χ2v) is 9.92. The third-order valence-corrected chi connectivity index (χ3v) is 6.14. The molecule has 0 fully saturated rings. The number of rotatable bonds is 7. The molecule has 186 valence electrons. The Bertz CT molecular complexity index is 1380. The molecule has 0 spiro atoms. The van der Waals surface area contributed by atoms with E-state index in [0.717, 1.165) is 13.0 Å². The highest BCUT2D eigenvalue weighted by Crippen LogP contribution is 2.36. The SMILES string of the molecule is CCCc1cccc(F)c1Oc1nnc(C(F)(F)F)c(C)c1C(=O)Nc1cccc(S(C)(=N)=O)c1. The van der Waals surface area contributed by atoms with Crippen molar-refractivity contribution in [3.63, 3.8) is 0 Å². The number of aromatic nitrogens is 2. The highest BCUT2D eigenvalue weighted by molar-refractivity contribution is 7.91. The van der Waals surface area contributed by atoms with E-state index >= 15 is 0 Å². The molecule has 0 aliphatic heterocycles. The monoisotopic (exact) mass is 510 g/mol. The van der Waals surface area contributed by atoms with Crippen molar-refractivity contribution in [3.05, 3.63) is 70.7 Å². The van der Waals surface area contributed by atoms with Gasteiger partial charge in [-0.05, 0) is 48.7 Å². The number of alkyl halides is 3. The minimum absolute atomic E-state index is 0.0857. The van der Waals surface area contributed by atoms with Gasteiger partial charge in [0.1, 0.15) is 5.56 Å². The lowest BCUT2D eigenvalue weighted by Gasteiger charge is -2.17. The van der Waals surface area contributed by atoms with E-state index < -0.39 is 50.3 Å². The van der Waals surface area contributed by atoms with Gasteiger partial charge in [-0.3, -0.25) is 4.79 Å². The van der Waals surface area contributed by atoms with Gasteiger partial charge in [0.05, 0.1) is 9.73 Å². The molecule has 35 heavy (non-hydrogen) atoms. The molecule has 3 aromatic rings. The lowest BCUT2D eigenvalue weighted by Crippen LogP contribution is -2.21. The van der Waals surface area contributed by atoms with Crippen LogP contribution in [0.25, 0.3) is 0 Å². The molecule has 0 saturated carbocycles. The van der Waals surface area contributed by atoms with E-state index in [1.54, 1.807) is 6.07 Å². The molecule has 1 amide bonds. The summed E-state index contributed by atoms with van der Waals surface area (Å²) in [7, 11) is -3.11. The number of ether oxygens (including phenoxy) is 1. The smallest absolute Gasteiger partial charge is 0.433 e. The number of halogens is 4. The molecule has 1 unspecified atom stereocenters. The van der Waals surface area contributed by atoms with Gasteiger partial charge in [-0.1, -0.05) is 31.5 Å². The Balaban J connectivity index is 2.11. The first-order valence-electron chi connectivity index (χ1n) is 10.4. The molecule has 0 saturated heterocycles. The highest BCUT2D eigenvalue weighted by Gasteiger charge is 2.38. The fourth-order valence-corrected chi connectivity index (χ4v) is 4.04. The van der Waals surface area contributed by atoms with Crippen LogP contribution in [-0.2, 0) is 22.3 Å². The molecule has 0 aliphatic rings. The minimum atomic E-state index is -4.91. The maximum atomic E-state index is 14.6. The fourth-order valence-electron chi connectivity index (χ4n) is 3.35. The topological polar surface area (TPSA) is 105 Å². The second kappa shape index (κ2) is 9.98. The summed E-state index contributed by atoms with van der Waals surface area (Å²) in [6.45, 7) is 2.89. The molecular formula is C23H22F4N4O3S. The van der Waals surface area contributed by atoms with Crippen LogP contribution in [0.2, 0.25) is 0 Å². The maximum Gasteiger partial charge on any atom is 0.435 e. The molecule has 1 heterocycles. The predicted octanol–water partition coefficient (Wildman–Crippen LogP) is 5.98. The van der Waals surface area contributed by atoms with Gasteiger partial charge in [-0.2, -0.15) is 13.2 Å². The summed E-state index contributed by atoms with van der Waals surface area (Å²) in [5.41, 5.74) is -2.02. The number of nitrogens with zero attached hydrogens (tertiary/aromatic N) is 2. The molecule has 1 aromatic heterocycles. The van der Waals surface area contributed by atoms with Crippen molar-refractivity contribution in [3.8, 4) is 11.6 Å². The average Bonchev–Trinajstić information content (AvgIpc) is 2.75. The third-order valence-electron chi connectivity index (χ3n) is 4.99. The number of para-hydroxylation sites is 1. The molecule has 1 atom stereocenters. The summed E-state index contributed by atoms with van der Waals surface area (Å²) in [4.78, 5) is 13.3. The fraction of sp³-hybridized carbons (Fsp3) is 0.261. The number of benzene rings is 2. The number of carbonyl (C=O) groups excluding carboxylic acids is 1. The van der Waals surface area contributed by atoms with Gasteiger partial charge >= 0.3 is 6.18 Å². The average molecular weight is 511 g/mol. The van der Waals surface area contributed by atoms with Gasteiger partial charge in [0, 0.05) is 16.8 Å². The lowest BCUT2D eigenvalue weighted by molar-refractivity contribution is -0.142. The van der Waals surface area contributed by atoms with Gasteiger partial charge < -0.3 is 10.1 Å². The van der Waals surface area contributed by atoms with Crippen molar-refractivity contribution < 1.29 is 31.3 Å². The molecule has 7 nitrogen and oxygen atoms in total. The molecule has 2 aromatic carbocycles. The normalized spacial score (nSPS) is 13.2. The van der Waals surface area contributed by atoms with Gasteiger partial charge in [0.15, 0.2) is 17.3 Å². The van der Waals surface area contributed by atoms with Crippen LogP contribution in [-0.4, -0.2) is 26.6 Å². The zero-order valence-electron chi connectivity index (χ0n) is 19.0. The third kappa shape index (κ3) is 5.94. The van der Waals surface area contributed by atoms with E-state index in [2.05, 4.69) is 15.5 Å². The number of amides is 1. The predicted molar refractivity (Wildman–Crippen MR) is 122 cm³/mol. The summed E-state index contributed by atoms with van der Waals surface area (Å²) in [5.74, 6) is -2.68. The summed E-state index contributed by atoms with van der Waals surface area (Å²) >= 11 is 0. The van der Waals surface area contributed by atoms with Crippen molar-refractivity contribution in [2.24, 2.45) is 0 Å². The number of carbonyl (C=O) groups is 1. The summed E-state index contributed by atoms with van der Waals surface area (Å²) < 4.78 is 80.4. The lowest BCUT2D eigenvalue weighted by atomic mass is 10.1. The van der Waals surface area contributed by atoms with E-state index in [1.807, 2.05) is 6.92 Å². The van der Waals surface area contributed by atoms with Crippen LogP contribution < -0.4 is 10.1 Å². The molecule has 0 radical (unpaired) electrons. The zero-order valence-corrected chi connectivity index (χ0v) is 19.8. The molecule has 12 heteroatoms. The Morgan fingerprint density at radius 1 is 1.17 bits per heavy atom. The second-order valence-electron chi connectivity index (χ2n) is 7.76. The standard InChI is InChI=1S/C23H22F4N4O3S/c1-4-7-14-8-5-11-17(24)19(14)34-22-18(13(2)20(30-31-22)23(25,26)27)21(32)29-15-9-6-10-16(12-15)35(3,28)33/h5-6,8-12,28H,4,7H2,1-3H3,(H,29,32). The number of hydrogen-bond donors (Lipinski definition) is 2. The largest absolute Gasteiger partial charge is 0.435 e. The Labute approximate surface area is 199 Å². The van der Waals surface area contributed by atoms with Crippen LogP contribution in [0.3, 0.4) is 0 Å². The van der Waals surface area contributed by atoms with E-state index in [1.165, 1.54) is 36.6 Å².